The molecular formula is C53H33N3OS2. The number of aromatic nitrogens is 1. The standard InChI is InChI=1S/C53H33N3OS2/c1-31(35-19-12-23-44-49(35)38-17-7-10-22-43(38)57-44)54-53(33-14-4-3-5-15-33)55-32(2)36-20-13-25-47-50(36)40-30-34(26-28-46(40)59-47)56-41-21-9-6-16-37(41)51-42(56)27-29-48-52(51)39-18-8-11-24-45(39)58-48/h3-30H,1H2,2H3. The van der Waals surface area contributed by atoms with Gasteiger partial charge >= 0.3 is 0 Å². The maximum absolute atomic E-state index is 6.21. The van der Waals surface area contributed by atoms with Crippen LogP contribution >= 0.6 is 22.7 Å². The quantitative estimate of drug-likeness (QED) is 0.126. The zero-order chi connectivity index (χ0) is 39.2. The van der Waals surface area contributed by atoms with E-state index >= 15 is 0 Å². The largest absolute Gasteiger partial charge is 0.456 e. The van der Waals surface area contributed by atoms with Gasteiger partial charge in [-0.25, -0.2) is 9.98 Å². The molecule has 0 spiro atoms. The lowest BCUT2D eigenvalue weighted by atomic mass is 10.0. The number of benzene rings is 8. The first kappa shape index (κ1) is 34.0. The first-order valence-corrected chi connectivity index (χ1v) is 21.3. The van der Waals surface area contributed by atoms with E-state index < -0.39 is 0 Å². The van der Waals surface area contributed by atoms with E-state index in [1.54, 1.807) is 0 Å². The first-order valence-electron chi connectivity index (χ1n) is 19.7. The third-order valence-electron chi connectivity index (χ3n) is 11.6. The number of fused-ring (bicyclic) bond motifs is 13. The molecule has 0 bridgehead atoms. The second kappa shape index (κ2) is 13.2. The Labute approximate surface area is 346 Å². The molecule has 0 atom stereocenters. The molecule has 0 aliphatic rings. The van der Waals surface area contributed by atoms with Crippen molar-refractivity contribution < 1.29 is 4.42 Å². The Kier molecular flexibility index (Phi) is 7.61. The molecule has 0 aliphatic heterocycles. The van der Waals surface area contributed by atoms with E-state index in [9.17, 15) is 0 Å². The molecule has 0 saturated carbocycles. The van der Waals surface area contributed by atoms with Gasteiger partial charge in [0.1, 0.15) is 11.2 Å². The summed E-state index contributed by atoms with van der Waals surface area (Å²) in [5.74, 6) is 0.604. The third-order valence-corrected chi connectivity index (χ3v) is 13.8. The van der Waals surface area contributed by atoms with E-state index in [0.717, 1.165) is 50.0 Å². The molecule has 12 rings (SSSR count). The van der Waals surface area contributed by atoms with Gasteiger partial charge in [0.05, 0.1) is 16.7 Å². The van der Waals surface area contributed by atoms with E-state index in [1.807, 2.05) is 71.2 Å². The molecule has 0 N–H and O–H groups in total. The number of furan rings is 1. The van der Waals surface area contributed by atoms with Gasteiger partial charge in [-0.1, -0.05) is 116 Å². The van der Waals surface area contributed by atoms with Gasteiger partial charge in [-0.2, -0.15) is 0 Å². The molecular weight excluding hydrogens is 759 g/mol. The molecule has 12 aromatic rings. The summed E-state index contributed by atoms with van der Waals surface area (Å²) in [6, 6.07) is 60.1. The fourth-order valence-electron chi connectivity index (χ4n) is 8.97. The van der Waals surface area contributed by atoms with Crippen molar-refractivity contribution in [2.45, 2.75) is 6.92 Å². The van der Waals surface area contributed by atoms with Gasteiger partial charge in [0.15, 0.2) is 5.84 Å². The van der Waals surface area contributed by atoms with Crippen molar-refractivity contribution in [2.75, 3.05) is 0 Å². The number of aliphatic imine (C=N–C) groups is 2. The zero-order valence-corrected chi connectivity index (χ0v) is 33.6. The molecule has 278 valence electrons. The highest BCUT2D eigenvalue weighted by atomic mass is 32.1. The summed E-state index contributed by atoms with van der Waals surface area (Å²) >= 11 is 3.69. The van der Waals surface area contributed by atoms with Crippen LogP contribution in [0.1, 0.15) is 23.6 Å². The van der Waals surface area contributed by atoms with E-state index in [2.05, 4.69) is 139 Å². The highest BCUT2D eigenvalue weighted by molar-refractivity contribution is 7.26. The summed E-state index contributed by atoms with van der Waals surface area (Å²) in [5.41, 5.74) is 9.62. The predicted molar refractivity (Wildman–Crippen MR) is 255 cm³/mol. The average Bonchev–Trinajstić information content (AvgIpc) is 4.04. The summed E-state index contributed by atoms with van der Waals surface area (Å²) in [6.07, 6.45) is 0. The first-order chi connectivity index (χ1) is 29.1. The lowest BCUT2D eigenvalue weighted by Gasteiger charge is -2.10. The molecule has 0 fully saturated rings. The second-order valence-corrected chi connectivity index (χ2v) is 17.1. The third kappa shape index (κ3) is 5.27. The molecule has 0 amide bonds. The van der Waals surface area contributed by atoms with Crippen molar-refractivity contribution in [2.24, 2.45) is 9.98 Å². The Hall–Kier alpha value is -7.12. The van der Waals surface area contributed by atoms with Crippen LogP contribution in [0.4, 0.5) is 0 Å². The minimum Gasteiger partial charge on any atom is -0.456 e. The van der Waals surface area contributed by atoms with E-state index in [4.69, 9.17) is 14.4 Å². The second-order valence-electron chi connectivity index (χ2n) is 15.0. The molecule has 4 heterocycles. The van der Waals surface area contributed by atoms with Crippen LogP contribution in [-0.2, 0) is 0 Å². The monoisotopic (exact) mass is 791 g/mol. The van der Waals surface area contributed by atoms with Crippen LogP contribution in [0.15, 0.2) is 191 Å². The number of para-hydroxylation sites is 2. The predicted octanol–water partition coefficient (Wildman–Crippen LogP) is 15.3. The molecule has 0 unspecified atom stereocenters. The molecule has 8 aromatic carbocycles. The van der Waals surface area contributed by atoms with Crippen LogP contribution in [0.2, 0.25) is 0 Å². The van der Waals surface area contributed by atoms with Gasteiger partial charge < -0.3 is 8.98 Å². The number of thiophene rings is 2. The number of rotatable bonds is 5. The Morgan fingerprint density at radius 1 is 0.492 bits per heavy atom. The number of amidine groups is 1. The number of hydrogen-bond acceptors (Lipinski definition) is 4. The van der Waals surface area contributed by atoms with Crippen LogP contribution in [-0.4, -0.2) is 16.1 Å². The summed E-state index contributed by atoms with van der Waals surface area (Å²) in [4.78, 5) is 10.5. The lowest BCUT2D eigenvalue weighted by Crippen LogP contribution is -2.04. The lowest BCUT2D eigenvalue weighted by molar-refractivity contribution is 0.669. The van der Waals surface area contributed by atoms with Gasteiger partial charge in [-0.15, -0.1) is 22.7 Å². The van der Waals surface area contributed by atoms with E-state index in [-0.39, 0.29) is 0 Å². The molecule has 4 nitrogen and oxygen atoms in total. The fourth-order valence-corrected chi connectivity index (χ4v) is 11.2. The maximum Gasteiger partial charge on any atom is 0.160 e. The van der Waals surface area contributed by atoms with Crippen LogP contribution in [0, 0.1) is 0 Å². The Morgan fingerprint density at radius 2 is 1.15 bits per heavy atom. The van der Waals surface area contributed by atoms with Crippen molar-refractivity contribution in [3.05, 3.63) is 193 Å². The Bertz CT molecular complexity index is 3760. The van der Waals surface area contributed by atoms with Crippen molar-refractivity contribution in [1.82, 2.24) is 4.57 Å². The minimum absolute atomic E-state index is 0.604. The van der Waals surface area contributed by atoms with E-state index in [0.29, 0.717) is 11.5 Å². The Morgan fingerprint density at radius 3 is 2.03 bits per heavy atom. The van der Waals surface area contributed by atoms with Crippen LogP contribution in [0.3, 0.4) is 0 Å². The normalized spacial score (nSPS) is 12.8. The van der Waals surface area contributed by atoms with Crippen molar-refractivity contribution in [1.29, 1.82) is 0 Å². The summed E-state index contributed by atoms with van der Waals surface area (Å²) in [7, 11) is 0. The van der Waals surface area contributed by atoms with Gasteiger partial charge in [0.2, 0.25) is 0 Å². The topological polar surface area (TPSA) is 42.8 Å². The SMILES string of the molecule is C=C(N=C(N=C(C)c1cccc2sc3ccc(-n4c5ccccc5c5c6c(ccc54)sc4ccccc46)cc3c12)c1ccccc1)c1cccc2oc3ccccc3c12. The summed E-state index contributed by atoms with van der Waals surface area (Å²) in [5, 5.41) is 9.68. The average molecular weight is 792 g/mol. The number of nitrogens with zero attached hydrogens (tertiary/aromatic N) is 3. The van der Waals surface area contributed by atoms with Crippen LogP contribution in [0.5, 0.6) is 0 Å². The zero-order valence-electron chi connectivity index (χ0n) is 31.9. The van der Waals surface area contributed by atoms with Gasteiger partial charge in [-0.3, -0.25) is 0 Å². The molecule has 6 heteroatoms. The molecule has 59 heavy (non-hydrogen) atoms. The van der Waals surface area contributed by atoms with Crippen LogP contribution in [0.25, 0.3) is 95.5 Å². The highest BCUT2D eigenvalue weighted by Crippen LogP contribution is 2.44. The molecule has 0 radical (unpaired) electrons. The van der Waals surface area contributed by atoms with Crippen LogP contribution < -0.4 is 0 Å². The van der Waals surface area contributed by atoms with E-state index in [1.165, 1.54) is 62.2 Å². The number of hydrogen-bond donors (Lipinski definition) is 0. The van der Waals surface area contributed by atoms with Gasteiger partial charge in [0.25, 0.3) is 0 Å². The van der Waals surface area contributed by atoms with Crippen molar-refractivity contribution in [3.8, 4) is 5.69 Å². The maximum atomic E-state index is 6.21. The minimum atomic E-state index is 0.604. The van der Waals surface area contributed by atoms with Crippen molar-refractivity contribution >= 4 is 124 Å². The fraction of sp³-hybridized carbons (Fsp3) is 0.0189. The molecule has 0 saturated heterocycles. The smallest absolute Gasteiger partial charge is 0.160 e. The highest BCUT2D eigenvalue weighted by Gasteiger charge is 2.20. The molecule has 0 aliphatic carbocycles. The Balaban J connectivity index is 1.03. The summed E-state index contributed by atoms with van der Waals surface area (Å²) in [6.45, 7) is 6.59. The molecule has 4 aromatic heterocycles. The van der Waals surface area contributed by atoms with Gasteiger partial charge in [0, 0.05) is 90.0 Å². The summed E-state index contributed by atoms with van der Waals surface area (Å²) < 4.78 is 13.7. The van der Waals surface area contributed by atoms with Gasteiger partial charge in [-0.05, 0) is 67.6 Å². The van der Waals surface area contributed by atoms with Crippen molar-refractivity contribution in [3.63, 3.8) is 0 Å².